The van der Waals surface area contributed by atoms with Crippen LogP contribution in [0.25, 0.3) is 17.1 Å². The van der Waals surface area contributed by atoms with Crippen LogP contribution in [0, 0.1) is 0 Å². The van der Waals surface area contributed by atoms with Crippen molar-refractivity contribution >= 4 is 45.5 Å². The molecule has 0 aliphatic rings. The zero-order valence-electron chi connectivity index (χ0n) is 21.5. The molecule has 2 heterocycles. The lowest BCUT2D eigenvalue weighted by molar-refractivity contribution is 0.0947. The van der Waals surface area contributed by atoms with Crippen LogP contribution >= 0.6 is 27.5 Å². The Morgan fingerprint density at radius 1 is 1.15 bits per heavy atom. The van der Waals surface area contributed by atoms with Crippen LogP contribution < -0.4 is 20.6 Å². The van der Waals surface area contributed by atoms with E-state index in [1.807, 2.05) is 43.3 Å². The fraction of sp³-hybridized carbons (Fsp3) is 0.111. The number of hydrogen-bond donors (Lipinski definition) is 2. The molecule has 0 bridgehead atoms. The Hall–Kier alpha value is -4.75. The Kier molecular flexibility index (Phi) is 8.56. The van der Waals surface area contributed by atoms with E-state index in [0.29, 0.717) is 51.0 Å². The number of aromatic nitrogens is 5. The van der Waals surface area contributed by atoms with Gasteiger partial charge in [0.2, 0.25) is 11.6 Å². The van der Waals surface area contributed by atoms with E-state index in [9.17, 15) is 4.79 Å². The van der Waals surface area contributed by atoms with Crippen molar-refractivity contribution in [1.29, 1.82) is 0 Å². The summed E-state index contributed by atoms with van der Waals surface area (Å²) >= 11 is 9.63. The van der Waals surface area contributed by atoms with Crippen LogP contribution in [0.4, 0.5) is 5.82 Å². The summed E-state index contributed by atoms with van der Waals surface area (Å²) in [5.41, 5.74) is 10.9. The summed E-state index contributed by atoms with van der Waals surface area (Å²) in [5, 5.41) is 20.3. The Morgan fingerprint density at radius 2 is 1.98 bits per heavy atom. The maximum Gasteiger partial charge on any atom is 0.292 e. The number of benzene rings is 3. The number of rotatable bonds is 10. The molecule has 0 spiro atoms. The summed E-state index contributed by atoms with van der Waals surface area (Å²) in [6.07, 6.45) is 1.47. The van der Waals surface area contributed by atoms with E-state index in [4.69, 9.17) is 26.8 Å². The van der Waals surface area contributed by atoms with Gasteiger partial charge in [0.1, 0.15) is 12.3 Å². The molecular formula is C27H22BrClN8O4. The van der Waals surface area contributed by atoms with Gasteiger partial charge in [0.15, 0.2) is 17.2 Å². The molecule has 12 nitrogen and oxygen atoms in total. The third-order valence-corrected chi connectivity index (χ3v) is 6.44. The number of nitrogens with zero attached hydrogens (tertiary/aromatic N) is 6. The van der Waals surface area contributed by atoms with Gasteiger partial charge in [-0.25, -0.2) is 10.1 Å². The van der Waals surface area contributed by atoms with E-state index in [0.717, 1.165) is 10.2 Å². The Bertz CT molecular complexity index is 1710. The molecule has 0 unspecified atom stereocenters. The second-order valence-electron chi connectivity index (χ2n) is 8.42. The van der Waals surface area contributed by atoms with Gasteiger partial charge < -0.3 is 15.2 Å². The SMILES string of the molecule is CCOc1cc(C=NNC(=O)c2c(-c3ccccc3)nnn2-c2nonc2N)cc(Br)c1OCc1cccc(Cl)c1. The van der Waals surface area contributed by atoms with Crippen molar-refractivity contribution in [3.8, 4) is 28.6 Å². The summed E-state index contributed by atoms with van der Waals surface area (Å²) in [7, 11) is 0. The fourth-order valence-corrected chi connectivity index (χ4v) is 4.62. The first kappa shape index (κ1) is 27.8. The van der Waals surface area contributed by atoms with Crippen LogP contribution in [-0.2, 0) is 6.61 Å². The number of hydrazone groups is 1. The normalized spacial score (nSPS) is 11.1. The molecule has 2 aromatic heterocycles. The maximum absolute atomic E-state index is 13.3. The first-order valence-corrected chi connectivity index (χ1v) is 13.4. The number of nitrogens with one attached hydrogen (secondary N) is 1. The summed E-state index contributed by atoms with van der Waals surface area (Å²) in [6, 6.07) is 20.0. The molecule has 0 atom stereocenters. The molecule has 0 saturated carbocycles. The van der Waals surface area contributed by atoms with Gasteiger partial charge in [0.05, 0.1) is 17.3 Å². The monoisotopic (exact) mass is 636 g/mol. The molecule has 0 aliphatic heterocycles. The van der Waals surface area contributed by atoms with Crippen molar-refractivity contribution in [2.75, 3.05) is 12.3 Å². The smallest absolute Gasteiger partial charge is 0.292 e. The van der Waals surface area contributed by atoms with Gasteiger partial charge in [-0.05, 0) is 68.6 Å². The van der Waals surface area contributed by atoms with Gasteiger partial charge >= 0.3 is 0 Å². The predicted molar refractivity (Wildman–Crippen MR) is 155 cm³/mol. The number of anilines is 1. The average Bonchev–Trinajstić information content (AvgIpc) is 3.59. The summed E-state index contributed by atoms with van der Waals surface area (Å²) in [6.45, 7) is 2.57. The minimum atomic E-state index is -0.613. The molecule has 41 heavy (non-hydrogen) atoms. The van der Waals surface area contributed by atoms with E-state index in [2.05, 4.69) is 51.7 Å². The number of halogens is 2. The molecule has 0 aliphatic carbocycles. The van der Waals surface area contributed by atoms with Crippen molar-refractivity contribution in [2.24, 2.45) is 5.10 Å². The molecule has 0 radical (unpaired) electrons. The minimum Gasteiger partial charge on any atom is -0.490 e. The molecule has 208 valence electrons. The van der Waals surface area contributed by atoms with E-state index in [1.54, 1.807) is 30.3 Å². The molecule has 0 saturated heterocycles. The maximum atomic E-state index is 13.3. The van der Waals surface area contributed by atoms with Gasteiger partial charge in [-0.2, -0.15) is 9.78 Å². The molecule has 0 fully saturated rings. The van der Waals surface area contributed by atoms with Gasteiger partial charge in [-0.15, -0.1) is 5.10 Å². The number of nitrogen functional groups attached to an aromatic ring is 1. The van der Waals surface area contributed by atoms with Crippen molar-refractivity contribution in [3.63, 3.8) is 0 Å². The molecule has 5 aromatic rings. The second-order valence-corrected chi connectivity index (χ2v) is 9.71. The van der Waals surface area contributed by atoms with E-state index in [-0.39, 0.29) is 17.3 Å². The Balaban J connectivity index is 1.38. The Morgan fingerprint density at radius 3 is 2.71 bits per heavy atom. The summed E-state index contributed by atoms with van der Waals surface area (Å²) in [5.74, 6) is 0.372. The van der Waals surface area contributed by atoms with E-state index >= 15 is 0 Å². The number of hydrogen-bond acceptors (Lipinski definition) is 10. The molecule has 1 amide bonds. The number of carbonyl (C=O) groups is 1. The highest BCUT2D eigenvalue weighted by Gasteiger charge is 2.26. The lowest BCUT2D eigenvalue weighted by Gasteiger charge is -2.15. The average molecular weight is 638 g/mol. The molecule has 5 rings (SSSR count). The lowest BCUT2D eigenvalue weighted by atomic mass is 10.1. The number of carbonyl (C=O) groups excluding carboxylic acids is 1. The van der Waals surface area contributed by atoms with Gasteiger partial charge in [-0.1, -0.05) is 59.3 Å². The van der Waals surface area contributed by atoms with Crippen LogP contribution in [0.5, 0.6) is 11.5 Å². The Labute approximate surface area is 247 Å². The zero-order valence-corrected chi connectivity index (χ0v) is 23.8. The molecular weight excluding hydrogens is 616 g/mol. The van der Waals surface area contributed by atoms with Crippen LogP contribution in [0.15, 0.2) is 80.9 Å². The number of nitrogens with two attached hydrogens (primary N) is 1. The third-order valence-electron chi connectivity index (χ3n) is 5.61. The van der Waals surface area contributed by atoms with Gasteiger partial charge in [0, 0.05) is 10.6 Å². The van der Waals surface area contributed by atoms with E-state index in [1.165, 1.54) is 6.21 Å². The topological polar surface area (TPSA) is 156 Å². The highest BCUT2D eigenvalue weighted by molar-refractivity contribution is 9.10. The predicted octanol–water partition coefficient (Wildman–Crippen LogP) is 5.06. The minimum absolute atomic E-state index is 0.0208. The summed E-state index contributed by atoms with van der Waals surface area (Å²) < 4.78 is 18.3. The van der Waals surface area contributed by atoms with Crippen LogP contribution in [0.1, 0.15) is 28.5 Å². The number of ether oxygens (including phenoxy) is 2. The first-order chi connectivity index (χ1) is 19.9. The molecule has 14 heteroatoms. The number of amides is 1. The summed E-state index contributed by atoms with van der Waals surface area (Å²) in [4.78, 5) is 13.3. The fourth-order valence-electron chi connectivity index (χ4n) is 3.83. The van der Waals surface area contributed by atoms with Gasteiger partial charge in [0.25, 0.3) is 5.91 Å². The van der Waals surface area contributed by atoms with Crippen molar-refractivity contribution < 1.29 is 18.9 Å². The van der Waals surface area contributed by atoms with Crippen molar-refractivity contribution in [3.05, 3.63) is 93.0 Å². The quantitative estimate of drug-likeness (QED) is 0.158. The zero-order chi connectivity index (χ0) is 28.8. The van der Waals surface area contributed by atoms with E-state index < -0.39 is 5.91 Å². The second kappa shape index (κ2) is 12.6. The van der Waals surface area contributed by atoms with Crippen molar-refractivity contribution in [2.45, 2.75) is 13.5 Å². The van der Waals surface area contributed by atoms with Crippen LogP contribution in [0.2, 0.25) is 5.02 Å². The third kappa shape index (κ3) is 6.36. The van der Waals surface area contributed by atoms with Gasteiger partial charge in [-0.3, -0.25) is 4.79 Å². The lowest BCUT2D eigenvalue weighted by Crippen LogP contribution is -2.22. The highest BCUT2D eigenvalue weighted by Crippen LogP contribution is 2.37. The molecule has 3 aromatic carbocycles. The van der Waals surface area contributed by atoms with Crippen molar-refractivity contribution in [1.82, 2.24) is 30.7 Å². The highest BCUT2D eigenvalue weighted by atomic mass is 79.9. The first-order valence-electron chi connectivity index (χ1n) is 12.2. The van der Waals surface area contributed by atoms with Crippen LogP contribution in [-0.4, -0.2) is 44.0 Å². The molecule has 3 N–H and O–H groups in total. The largest absolute Gasteiger partial charge is 0.490 e. The van der Waals surface area contributed by atoms with Crippen LogP contribution in [0.3, 0.4) is 0 Å². The standard InChI is InChI=1S/C27H22BrClN8O4/c1-2-39-21-13-17(12-20(28)24(21)40-15-16-7-6-10-19(29)11-16)14-31-33-27(38)23-22(18-8-4-3-5-9-18)32-36-37(23)26-25(30)34-41-35-26/h3-14H,2,15H2,1H3,(H2,30,34)(H,33,38).